The predicted molar refractivity (Wildman–Crippen MR) is 43.9 cm³/mol. The van der Waals surface area contributed by atoms with Crippen molar-refractivity contribution in [2.75, 3.05) is 13.1 Å². The van der Waals surface area contributed by atoms with Crippen LogP contribution in [0.4, 0.5) is 8.78 Å². The van der Waals surface area contributed by atoms with Gasteiger partial charge in [0.1, 0.15) is 0 Å². The van der Waals surface area contributed by atoms with Gasteiger partial charge in [-0.05, 0) is 12.8 Å². The quantitative estimate of drug-likeness (QED) is 0.657. The van der Waals surface area contributed by atoms with Crippen LogP contribution in [0.25, 0.3) is 0 Å². The number of nitrogens with two attached hydrogens (primary N) is 1. The van der Waals surface area contributed by atoms with E-state index < -0.39 is 34.3 Å². The average molecular weight is 214 g/mol. The van der Waals surface area contributed by atoms with Crippen LogP contribution in [0.15, 0.2) is 0 Å². The van der Waals surface area contributed by atoms with E-state index in [1.54, 1.807) is 0 Å². The number of rotatable bonds is 5. The molecule has 0 aromatic rings. The largest absolute Gasteiger partial charge is 0.325 e. The van der Waals surface area contributed by atoms with Crippen LogP contribution in [0.5, 0.6) is 0 Å². The second-order valence-corrected chi connectivity index (χ2v) is 5.17. The molecule has 0 heterocycles. The summed E-state index contributed by atoms with van der Waals surface area (Å²) >= 11 is 0. The number of hydrogen-bond donors (Lipinski definition) is 2. The molecule has 7 heteroatoms. The molecule has 0 unspecified atom stereocenters. The molecule has 0 amide bonds. The zero-order valence-corrected chi connectivity index (χ0v) is 7.78. The van der Waals surface area contributed by atoms with Crippen molar-refractivity contribution in [3.8, 4) is 0 Å². The van der Waals surface area contributed by atoms with Crippen LogP contribution in [-0.2, 0) is 10.0 Å². The summed E-state index contributed by atoms with van der Waals surface area (Å²) in [5.74, 6) is -3.15. The molecule has 4 nitrogen and oxygen atoms in total. The molecule has 1 aliphatic carbocycles. The van der Waals surface area contributed by atoms with Crippen molar-refractivity contribution in [3.63, 3.8) is 0 Å². The van der Waals surface area contributed by atoms with Gasteiger partial charge in [0, 0.05) is 0 Å². The first-order valence-corrected chi connectivity index (χ1v) is 5.48. The van der Waals surface area contributed by atoms with E-state index in [9.17, 15) is 17.2 Å². The normalized spacial score (nSPS) is 19.0. The first-order chi connectivity index (χ1) is 5.87. The number of nitrogens with one attached hydrogen (secondary N) is 1. The van der Waals surface area contributed by atoms with E-state index in [2.05, 4.69) is 0 Å². The lowest BCUT2D eigenvalue weighted by Gasteiger charge is -2.14. The predicted octanol–water partition coefficient (Wildman–Crippen LogP) is -0.338. The van der Waals surface area contributed by atoms with Gasteiger partial charge in [-0.25, -0.2) is 21.9 Å². The summed E-state index contributed by atoms with van der Waals surface area (Å²) in [5.41, 5.74) is 4.74. The monoisotopic (exact) mass is 214 g/mol. The van der Waals surface area contributed by atoms with Crippen molar-refractivity contribution in [3.05, 3.63) is 0 Å². The maximum atomic E-state index is 12.5. The Morgan fingerprint density at radius 3 is 2.38 bits per heavy atom. The smallest absolute Gasteiger partial charge is 0.273 e. The molecule has 0 aromatic heterocycles. The van der Waals surface area contributed by atoms with Gasteiger partial charge in [0.05, 0.1) is 18.3 Å². The Hall–Kier alpha value is -0.270. The molecular formula is C6H12F2N2O2S. The molecule has 78 valence electrons. The molecule has 3 N–H and O–H groups in total. The van der Waals surface area contributed by atoms with Gasteiger partial charge in [0.25, 0.3) is 5.92 Å². The van der Waals surface area contributed by atoms with E-state index in [1.807, 2.05) is 4.72 Å². The zero-order chi connectivity index (χ0) is 10.1. The van der Waals surface area contributed by atoms with Gasteiger partial charge >= 0.3 is 0 Å². The summed E-state index contributed by atoms with van der Waals surface area (Å²) in [4.78, 5) is 0. The van der Waals surface area contributed by atoms with Gasteiger partial charge in [-0.3, -0.25) is 0 Å². The third-order valence-electron chi connectivity index (χ3n) is 1.79. The summed E-state index contributed by atoms with van der Waals surface area (Å²) in [6.07, 6.45) is 1.12. The Kier molecular flexibility index (Phi) is 2.88. The molecule has 1 aliphatic rings. The first-order valence-electron chi connectivity index (χ1n) is 3.94. The van der Waals surface area contributed by atoms with Gasteiger partial charge in [-0.15, -0.1) is 0 Å². The van der Waals surface area contributed by atoms with E-state index in [0.717, 1.165) is 0 Å². The molecular weight excluding hydrogens is 202 g/mol. The van der Waals surface area contributed by atoms with Crippen molar-refractivity contribution in [2.45, 2.75) is 24.0 Å². The average Bonchev–Trinajstić information content (AvgIpc) is 2.84. The van der Waals surface area contributed by atoms with E-state index in [1.165, 1.54) is 0 Å². The molecule has 0 atom stereocenters. The third-order valence-corrected chi connectivity index (χ3v) is 3.69. The first kappa shape index (κ1) is 10.8. The highest BCUT2D eigenvalue weighted by Crippen LogP contribution is 2.27. The van der Waals surface area contributed by atoms with Crippen molar-refractivity contribution >= 4 is 10.0 Å². The van der Waals surface area contributed by atoms with Gasteiger partial charge in [-0.1, -0.05) is 0 Å². The summed E-state index contributed by atoms with van der Waals surface area (Å²) < 4.78 is 49.0. The minimum absolute atomic E-state index is 0.471. The van der Waals surface area contributed by atoms with Crippen LogP contribution in [-0.4, -0.2) is 32.7 Å². The molecule has 0 spiro atoms. The Balaban J connectivity index is 2.41. The van der Waals surface area contributed by atoms with Gasteiger partial charge in [0.2, 0.25) is 10.0 Å². The topological polar surface area (TPSA) is 72.2 Å². The van der Waals surface area contributed by atoms with E-state index in [0.29, 0.717) is 12.8 Å². The summed E-state index contributed by atoms with van der Waals surface area (Å²) in [5, 5.41) is -0.471. The third kappa shape index (κ3) is 3.17. The lowest BCUT2D eigenvalue weighted by atomic mass is 10.3. The van der Waals surface area contributed by atoms with Crippen LogP contribution >= 0.6 is 0 Å². The lowest BCUT2D eigenvalue weighted by Crippen LogP contribution is -2.42. The number of alkyl halides is 2. The highest BCUT2D eigenvalue weighted by molar-refractivity contribution is 7.90. The molecule has 1 rings (SSSR count). The molecule has 0 saturated heterocycles. The fourth-order valence-corrected chi connectivity index (χ4v) is 2.18. The van der Waals surface area contributed by atoms with E-state index in [4.69, 9.17) is 5.73 Å². The molecule has 13 heavy (non-hydrogen) atoms. The number of sulfonamides is 1. The van der Waals surface area contributed by atoms with E-state index >= 15 is 0 Å². The molecule has 0 radical (unpaired) electrons. The van der Waals surface area contributed by atoms with Crippen LogP contribution in [0.2, 0.25) is 0 Å². The SMILES string of the molecule is NCC(F)(F)CNS(=O)(=O)C1CC1. The van der Waals surface area contributed by atoms with Crippen LogP contribution in [0.3, 0.4) is 0 Å². The lowest BCUT2D eigenvalue weighted by molar-refractivity contribution is 0.0170. The minimum atomic E-state index is -3.52. The maximum absolute atomic E-state index is 12.5. The Bertz CT molecular complexity index is 274. The highest BCUT2D eigenvalue weighted by atomic mass is 32.2. The van der Waals surface area contributed by atoms with Crippen LogP contribution < -0.4 is 10.5 Å². The standard InChI is InChI=1S/C6H12F2N2O2S/c7-6(8,3-9)4-10-13(11,12)5-1-2-5/h5,10H,1-4,9H2. The Morgan fingerprint density at radius 2 is 2.00 bits per heavy atom. The number of hydrogen-bond acceptors (Lipinski definition) is 3. The van der Waals surface area contributed by atoms with E-state index in [-0.39, 0.29) is 0 Å². The second kappa shape index (κ2) is 3.47. The highest BCUT2D eigenvalue weighted by Gasteiger charge is 2.38. The van der Waals surface area contributed by atoms with Crippen molar-refractivity contribution in [1.29, 1.82) is 0 Å². The molecule has 0 bridgehead atoms. The Labute approximate surface area is 75.5 Å². The molecule has 0 aliphatic heterocycles. The molecule has 0 aromatic carbocycles. The maximum Gasteiger partial charge on any atom is 0.273 e. The molecule has 1 fully saturated rings. The summed E-state index contributed by atoms with van der Waals surface area (Å²) in [7, 11) is -3.52. The fourth-order valence-electron chi connectivity index (χ4n) is 0.775. The van der Waals surface area contributed by atoms with Crippen molar-refractivity contribution < 1.29 is 17.2 Å². The number of halogens is 2. The van der Waals surface area contributed by atoms with Crippen LogP contribution in [0, 0.1) is 0 Å². The zero-order valence-electron chi connectivity index (χ0n) is 6.96. The summed E-state index contributed by atoms with van der Waals surface area (Å²) in [6, 6.07) is 0. The van der Waals surface area contributed by atoms with Crippen molar-refractivity contribution in [2.24, 2.45) is 5.73 Å². The van der Waals surface area contributed by atoms with Crippen LogP contribution in [0.1, 0.15) is 12.8 Å². The molecule has 1 saturated carbocycles. The van der Waals surface area contributed by atoms with Gasteiger partial charge < -0.3 is 5.73 Å². The van der Waals surface area contributed by atoms with Gasteiger partial charge in [-0.2, -0.15) is 0 Å². The van der Waals surface area contributed by atoms with Crippen molar-refractivity contribution in [1.82, 2.24) is 4.72 Å². The fraction of sp³-hybridized carbons (Fsp3) is 1.00. The summed E-state index contributed by atoms with van der Waals surface area (Å²) in [6.45, 7) is -1.75. The Morgan fingerprint density at radius 1 is 1.46 bits per heavy atom. The van der Waals surface area contributed by atoms with Gasteiger partial charge in [0.15, 0.2) is 0 Å². The second-order valence-electron chi connectivity index (χ2n) is 3.13. The minimum Gasteiger partial charge on any atom is -0.325 e.